The van der Waals surface area contributed by atoms with Gasteiger partial charge in [0.05, 0.1) is 22.9 Å². The van der Waals surface area contributed by atoms with Crippen molar-refractivity contribution < 1.29 is 18.1 Å². The van der Waals surface area contributed by atoms with Gasteiger partial charge in [-0.2, -0.15) is 0 Å². The Morgan fingerprint density at radius 1 is 1.22 bits per heavy atom. The molecule has 0 saturated carbocycles. The fourth-order valence-corrected chi connectivity index (χ4v) is 4.65. The second-order valence-electron chi connectivity index (χ2n) is 6.34. The number of amides is 1. The summed E-state index contributed by atoms with van der Waals surface area (Å²) in [7, 11) is -1.78. The topological polar surface area (TPSA) is 101 Å². The maximum atomic E-state index is 12.7. The molecule has 9 heteroatoms. The summed E-state index contributed by atoms with van der Waals surface area (Å²) in [6.45, 7) is 0.467. The Morgan fingerprint density at radius 3 is 2.63 bits per heavy atom. The Morgan fingerprint density at radius 2 is 1.96 bits per heavy atom. The number of carbonyl (C=O) groups is 1. The highest BCUT2D eigenvalue weighted by molar-refractivity contribution is 7.93. The van der Waals surface area contributed by atoms with Gasteiger partial charge in [-0.1, -0.05) is 24.3 Å². The van der Waals surface area contributed by atoms with Crippen molar-refractivity contribution in [1.29, 1.82) is 0 Å². The third kappa shape index (κ3) is 3.92. The molecule has 0 aliphatic carbocycles. The Kier molecular flexibility index (Phi) is 5.13. The van der Waals surface area contributed by atoms with Crippen LogP contribution in [0, 0.1) is 10.1 Å². The number of nitro benzene ring substituents is 1. The van der Waals surface area contributed by atoms with E-state index >= 15 is 0 Å². The highest BCUT2D eigenvalue weighted by Gasteiger charge is 2.29. The van der Waals surface area contributed by atoms with Crippen molar-refractivity contribution in [1.82, 2.24) is 4.90 Å². The quantitative estimate of drug-likeness (QED) is 0.577. The lowest BCUT2D eigenvalue weighted by Gasteiger charge is -2.20. The summed E-state index contributed by atoms with van der Waals surface area (Å²) in [6.07, 6.45) is 0.554. The van der Waals surface area contributed by atoms with E-state index in [1.54, 1.807) is 49.5 Å². The smallest absolute Gasteiger partial charge is 0.274 e. The first-order valence-corrected chi connectivity index (χ1v) is 9.99. The summed E-state index contributed by atoms with van der Waals surface area (Å²) >= 11 is 0. The zero-order valence-electron chi connectivity index (χ0n) is 14.7. The van der Waals surface area contributed by atoms with E-state index in [0.29, 0.717) is 29.8 Å². The largest absolute Gasteiger partial charge is 0.337 e. The molecule has 1 fully saturated rings. The molecule has 1 heterocycles. The summed E-state index contributed by atoms with van der Waals surface area (Å²) in [5.74, 6) is -0.241. The monoisotopic (exact) mass is 389 g/mol. The van der Waals surface area contributed by atoms with Crippen LogP contribution in [0.15, 0.2) is 48.5 Å². The maximum absolute atomic E-state index is 12.7. The molecule has 0 radical (unpaired) electrons. The number of rotatable bonds is 5. The Labute approximate surface area is 157 Å². The molecule has 142 valence electrons. The van der Waals surface area contributed by atoms with Crippen LogP contribution in [0.25, 0.3) is 0 Å². The first-order chi connectivity index (χ1) is 12.8. The highest BCUT2D eigenvalue weighted by atomic mass is 32.2. The van der Waals surface area contributed by atoms with Gasteiger partial charge in [0.1, 0.15) is 0 Å². The van der Waals surface area contributed by atoms with Crippen molar-refractivity contribution >= 4 is 27.3 Å². The van der Waals surface area contributed by atoms with Gasteiger partial charge >= 0.3 is 0 Å². The van der Waals surface area contributed by atoms with Crippen LogP contribution >= 0.6 is 0 Å². The van der Waals surface area contributed by atoms with E-state index in [-0.39, 0.29) is 23.9 Å². The van der Waals surface area contributed by atoms with E-state index in [1.807, 2.05) is 0 Å². The Balaban J connectivity index is 1.82. The molecular formula is C18H19N3O5S. The number of carbonyl (C=O) groups excluding carboxylic acids is 1. The summed E-state index contributed by atoms with van der Waals surface area (Å²) in [6, 6.07) is 12.7. The van der Waals surface area contributed by atoms with Crippen LogP contribution in [-0.2, 0) is 16.6 Å². The predicted octanol–water partition coefficient (Wildman–Crippen LogP) is 2.41. The SMILES string of the molecule is CN(Cc1ccccc1[N+](=O)[O-])C(=O)c1cccc(N2CCCS2(=O)=O)c1. The van der Waals surface area contributed by atoms with E-state index in [0.717, 1.165) is 0 Å². The number of anilines is 1. The first kappa shape index (κ1) is 18.8. The lowest BCUT2D eigenvalue weighted by Crippen LogP contribution is -2.28. The van der Waals surface area contributed by atoms with Crippen LogP contribution in [-0.4, -0.2) is 43.5 Å². The zero-order chi connectivity index (χ0) is 19.6. The number of nitrogens with zero attached hydrogens (tertiary/aromatic N) is 3. The predicted molar refractivity (Wildman–Crippen MR) is 101 cm³/mol. The van der Waals surface area contributed by atoms with Crippen molar-refractivity contribution in [3.8, 4) is 0 Å². The highest BCUT2D eigenvalue weighted by Crippen LogP contribution is 2.26. The molecule has 1 amide bonds. The van der Waals surface area contributed by atoms with Crippen molar-refractivity contribution in [2.75, 3.05) is 23.7 Å². The minimum absolute atomic E-state index is 0.0472. The van der Waals surface area contributed by atoms with Gasteiger partial charge in [0.2, 0.25) is 10.0 Å². The standard InChI is InChI=1S/C18H19N3O5S/c1-19(13-15-6-2-3-9-17(15)21(23)24)18(22)14-7-4-8-16(12-14)20-10-5-11-27(20,25)26/h2-4,6-9,12H,5,10-11,13H2,1H3. The molecule has 0 unspecified atom stereocenters. The van der Waals surface area contributed by atoms with Gasteiger partial charge in [0.25, 0.3) is 11.6 Å². The molecule has 2 aromatic rings. The second-order valence-corrected chi connectivity index (χ2v) is 8.35. The summed E-state index contributed by atoms with van der Waals surface area (Å²) in [5, 5.41) is 11.1. The summed E-state index contributed by atoms with van der Waals surface area (Å²) in [4.78, 5) is 24.8. The van der Waals surface area contributed by atoms with E-state index in [2.05, 4.69) is 0 Å². The fourth-order valence-electron chi connectivity index (χ4n) is 3.09. The van der Waals surface area contributed by atoms with Gasteiger partial charge in [-0.15, -0.1) is 0 Å². The molecule has 8 nitrogen and oxygen atoms in total. The van der Waals surface area contributed by atoms with Crippen molar-refractivity contribution in [3.05, 3.63) is 69.8 Å². The molecule has 0 bridgehead atoms. The molecular weight excluding hydrogens is 370 g/mol. The number of benzene rings is 2. The minimum atomic E-state index is -3.33. The van der Waals surface area contributed by atoms with Gasteiger partial charge in [0, 0.05) is 30.8 Å². The number of para-hydroxylation sites is 1. The average molecular weight is 389 g/mol. The summed E-state index contributed by atoms with van der Waals surface area (Å²) in [5.41, 5.74) is 1.17. The Bertz CT molecular complexity index is 990. The molecule has 1 aliphatic heterocycles. The molecule has 0 aromatic heterocycles. The summed E-state index contributed by atoms with van der Waals surface area (Å²) < 4.78 is 25.5. The third-order valence-electron chi connectivity index (χ3n) is 4.42. The molecule has 27 heavy (non-hydrogen) atoms. The first-order valence-electron chi connectivity index (χ1n) is 8.38. The van der Waals surface area contributed by atoms with Gasteiger partial charge in [-0.25, -0.2) is 8.42 Å². The van der Waals surface area contributed by atoms with Crippen LogP contribution in [0.4, 0.5) is 11.4 Å². The maximum Gasteiger partial charge on any atom is 0.274 e. The van der Waals surface area contributed by atoms with Gasteiger partial charge in [-0.05, 0) is 24.6 Å². The molecule has 0 spiro atoms. The molecule has 1 saturated heterocycles. The van der Waals surface area contributed by atoms with E-state index < -0.39 is 14.9 Å². The van der Waals surface area contributed by atoms with E-state index in [1.165, 1.54) is 15.3 Å². The number of nitro groups is 1. The van der Waals surface area contributed by atoms with Crippen LogP contribution in [0.3, 0.4) is 0 Å². The van der Waals surface area contributed by atoms with Gasteiger partial charge in [-0.3, -0.25) is 19.2 Å². The van der Waals surface area contributed by atoms with Crippen LogP contribution in [0.1, 0.15) is 22.3 Å². The number of sulfonamides is 1. The number of hydrogen-bond acceptors (Lipinski definition) is 5. The third-order valence-corrected chi connectivity index (χ3v) is 6.29. The van der Waals surface area contributed by atoms with Crippen LogP contribution in [0.5, 0.6) is 0 Å². The number of hydrogen-bond donors (Lipinski definition) is 0. The van der Waals surface area contributed by atoms with Gasteiger partial charge < -0.3 is 4.90 Å². The molecule has 0 atom stereocenters. The Hall–Kier alpha value is -2.94. The average Bonchev–Trinajstić information content (AvgIpc) is 3.00. The van der Waals surface area contributed by atoms with Gasteiger partial charge in [0.15, 0.2) is 0 Å². The van der Waals surface area contributed by atoms with Crippen molar-refractivity contribution in [3.63, 3.8) is 0 Å². The molecule has 0 N–H and O–H groups in total. The zero-order valence-corrected chi connectivity index (χ0v) is 15.6. The molecule has 2 aromatic carbocycles. The van der Waals surface area contributed by atoms with Crippen molar-refractivity contribution in [2.24, 2.45) is 0 Å². The molecule has 1 aliphatic rings. The fraction of sp³-hybridized carbons (Fsp3) is 0.278. The van der Waals surface area contributed by atoms with Crippen LogP contribution in [0.2, 0.25) is 0 Å². The lowest BCUT2D eigenvalue weighted by molar-refractivity contribution is -0.385. The van der Waals surface area contributed by atoms with Crippen molar-refractivity contribution in [2.45, 2.75) is 13.0 Å². The normalized spacial score (nSPS) is 15.5. The molecule has 3 rings (SSSR count). The van der Waals surface area contributed by atoms with E-state index in [9.17, 15) is 23.3 Å². The minimum Gasteiger partial charge on any atom is -0.337 e. The second kappa shape index (κ2) is 7.36. The van der Waals surface area contributed by atoms with E-state index in [4.69, 9.17) is 0 Å². The lowest BCUT2D eigenvalue weighted by atomic mass is 10.1. The van der Waals surface area contributed by atoms with Crippen LogP contribution < -0.4 is 4.31 Å².